The van der Waals surface area contributed by atoms with E-state index in [0.29, 0.717) is 10.6 Å². The van der Waals surface area contributed by atoms with Gasteiger partial charge >= 0.3 is 0 Å². The van der Waals surface area contributed by atoms with Crippen LogP contribution in [0, 0.1) is 5.92 Å². The molecule has 140 valence electrons. The van der Waals surface area contributed by atoms with E-state index in [1.54, 1.807) is 24.3 Å². The highest BCUT2D eigenvalue weighted by atomic mass is 35.5. The van der Waals surface area contributed by atoms with Crippen LogP contribution in [0.2, 0.25) is 5.02 Å². The second-order valence-corrected chi connectivity index (χ2v) is 7.26. The minimum atomic E-state index is -0.566. The summed E-state index contributed by atoms with van der Waals surface area (Å²) in [5.41, 5.74) is 6.39. The van der Waals surface area contributed by atoms with Crippen LogP contribution in [0.15, 0.2) is 24.3 Å². The lowest BCUT2D eigenvalue weighted by Crippen LogP contribution is -2.53. The third-order valence-electron chi connectivity index (χ3n) is 4.46. The normalized spacial score (nSPS) is 21.2. The zero-order valence-corrected chi connectivity index (χ0v) is 16.2. The minimum absolute atomic E-state index is 0. The lowest BCUT2D eigenvalue weighted by atomic mass is 9.91. The Hall–Kier alpha value is -1.30. The molecular formula is C18H27Cl2N3O2. The Balaban J connectivity index is 0.00000312. The Bertz CT molecular complexity index is 570. The first kappa shape index (κ1) is 21.7. The molecule has 1 atom stereocenters. The molecule has 0 saturated heterocycles. The summed E-state index contributed by atoms with van der Waals surface area (Å²) in [5, 5.41) is 6.46. The molecule has 1 aromatic rings. The van der Waals surface area contributed by atoms with Crippen LogP contribution in [-0.4, -0.2) is 29.9 Å². The third kappa shape index (κ3) is 6.49. The Morgan fingerprint density at radius 3 is 2.20 bits per heavy atom. The van der Waals surface area contributed by atoms with Crippen molar-refractivity contribution in [2.24, 2.45) is 11.7 Å². The lowest BCUT2D eigenvalue weighted by Gasteiger charge is -2.29. The van der Waals surface area contributed by atoms with Gasteiger partial charge in [0.25, 0.3) is 5.91 Å². The number of halogens is 2. The molecule has 2 amide bonds. The molecule has 2 rings (SSSR count). The summed E-state index contributed by atoms with van der Waals surface area (Å²) in [6.07, 6.45) is 3.63. The molecule has 0 aromatic heterocycles. The van der Waals surface area contributed by atoms with Crippen molar-refractivity contribution in [2.45, 2.75) is 57.7 Å². The van der Waals surface area contributed by atoms with Gasteiger partial charge in [-0.25, -0.2) is 0 Å². The standard InChI is InChI=1S/C18H26ClN3O2.ClH/c1-11(2)16(18(24)21-15-9-7-14(20)8-10-15)22-17(23)12-3-5-13(19)6-4-12;/h3-6,11,14-16H,7-10,20H2,1-2H3,(H,21,24)(H,22,23);1H. The first-order valence-corrected chi connectivity index (χ1v) is 8.87. The third-order valence-corrected chi connectivity index (χ3v) is 4.71. The van der Waals surface area contributed by atoms with Gasteiger partial charge in [0.1, 0.15) is 6.04 Å². The predicted octanol–water partition coefficient (Wildman–Crippen LogP) is 2.90. The first-order valence-electron chi connectivity index (χ1n) is 8.49. The van der Waals surface area contributed by atoms with Crippen LogP contribution in [0.3, 0.4) is 0 Å². The second-order valence-electron chi connectivity index (χ2n) is 6.82. The van der Waals surface area contributed by atoms with Crippen molar-refractivity contribution in [2.75, 3.05) is 0 Å². The zero-order chi connectivity index (χ0) is 17.7. The fraction of sp³-hybridized carbons (Fsp3) is 0.556. The summed E-state index contributed by atoms with van der Waals surface area (Å²) in [6.45, 7) is 3.84. The van der Waals surface area contributed by atoms with Gasteiger partial charge in [-0.15, -0.1) is 12.4 Å². The van der Waals surface area contributed by atoms with Crippen molar-refractivity contribution >= 4 is 35.8 Å². The minimum Gasteiger partial charge on any atom is -0.352 e. The van der Waals surface area contributed by atoms with Crippen molar-refractivity contribution in [3.8, 4) is 0 Å². The maximum atomic E-state index is 12.6. The Morgan fingerprint density at radius 1 is 1.12 bits per heavy atom. The topological polar surface area (TPSA) is 84.2 Å². The van der Waals surface area contributed by atoms with Gasteiger partial charge in [0, 0.05) is 22.7 Å². The SMILES string of the molecule is CC(C)C(NC(=O)c1ccc(Cl)cc1)C(=O)NC1CCC(N)CC1.Cl. The van der Waals surface area contributed by atoms with E-state index in [1.165, 1.54) is 0 Å². The molecule has 1 aliphatic rings. The van der Waals surface area contributed by atoms with Crippen molar-refractivity contribution in [3.05, 3.63) is 34.9 Å². The van der Waals surface area contributed by atoms with E-state index in [9.17, 15) is 9.59 Å². The van der Waals surface area contributed by atoms with Gasteiger partial charge in [0.05, 0.1) is 0 Å². The number of nitrogens with two attached hydrogens (primary N) is 1. The number of benzene rings is 1. The highest BCUT2D eigenvalue weighted by Gasteiger charge is 2.28. The predicted molar refractivity (Wildman–Crippen MR) is 103 cm³/mol. The van der Waals surface area contributed by atoms with Crippen LogP contribution in [0.25, 0.3) is 0 Å². The summed E-state index contributed by atoms with van der Waals surface area (Å²) in [4.78, 5) is 24.9. The van der Waals surface area contributed by atoms with Crippen molar-refractivity contribution in [1.82, 2.24) is 10.6 Å². The van der Waals surface area contributed by atoms with Crippen LogP contribution in [0.1, 0.15) is 49.9 Å². The summed E-state index contributed by atoms with van der Waals surface area (Å²) >= 11 is 5.84. The van der Waals surface area contributed by atoms with Gasteiger partial charge in [-0.3, -0.25) is 9.59 Å². The fourth-order valence-electron chi connectivity index (χ4n) is 2.92. The maximum absolute atomic E-state index is 12.6. The number of carbonyl (C=O) groups is 2. The molecule has 4 N–H and O–H groups in total. The quantitative estimate of drug-likeness (QED) is 0.725. The van der Waals surface area contributed by atoms with E-state index in [0.717, 1.165) is 25.7 Å². The molecule has 7 heteroatoms. The molecule has 0 bridgehead atoms. The molecule has 5 nitrogen and oxygen atoms in total. The second kappa shape index (κ2) is 10.00. The Labute approximate surface area is 160 Å². The average Bonchev–Trinajstić information content (AvgIpc) is 2.54. The van der Waals surface area contributed by atoms with E-state index in [2.05, 4.69) is 10.6 Å². The highest BCUT2D eigenvalue weighted by Crippen LogP contribution is 2.17. The zero-order valence-electron chi connectivity index (χ0n) is 14.6. The van der Waals surface area contributed by atoms with Crippen LogP contribution in [0.5, 0.6) is 0 Å². The number of amides is 2. The van der Waals surface area contributed by atoms with Gasteiger partial charge in [-0.1, -0.05) is 25.4 Å². The molecule has 1 aliphatic carbocycles. The number of carbonyl (C=O) groups excluding carboxylic acids is 2. The molecule has 1 saturated carbocycles. The number of hydrogen-bond donors (Lipinski definition) is 3. The Morgan fingerprint density at radius 2 is 1.68 bits per heavy atom. The molecular weight excluding hydrogens is 361 g/mol. The monoisotopic (exact) mass is 387 g/mol. The molecule has 1 aromatic carbocycles. The number of nitrogens with one attached hydrogen (secondary N) is 2. The van der Waals surface area contributed by atoms with E-state index in [1.807, 2.05) is 13.8 Å². The van der Waals surface area contributed by atoms with Crippen molar-refractivity contribution in [1.29, 1.82) is 0 Å². The van der Waals surface area contributed by atoms with E-state index < -0.39 is 6.04 Å². The van der Waals surface area contributed by atoms with Crippen molar-refractivity contribution < 1.29 is 9.59 Å². The molecule has 0 radical (unpaired) electrons. The molecule has 0 spiro atoms. The van der Waals surface area contributed by atoms with Crippen LogP contribution < -0.4 is 16.4 Å². The molecule has 0 aliphatic heterocycles. The van der Waals surface area contributed by atoms with E-state index in [-0.39, 0.29) is 42.2 Å². The molecule has 1 fully saturated rings. The summed E-state index contributed by atoms with van der Waals surface area (Å²) in [5.74, 6) is -0.411. The van der Waals surface area contributed by atoms with Gasteiger partial charge in [-0.05, 0) is 55.9 Å². The summed E-state index contributed by atoms with van der Waals surface area (Å²) in [7, 11) is 0. The van der Waals surface area contributed by atoms with Gasteiger partial charge in [0.2, 0.25) is 5.91 Å². The van der Waals surface area contributed by atoms with Gasteiger partial charge in [-0.2, -0.15) is 0 Å². The maximum Gasteiger partial charge on any atom is 0.251 e. The van der Waals surface area contributed by atoms with E-state index in [4.69, 9.17) is 17.3 Å². The van der Waals surface area contributed by atoms with Gasteiger partial charge < -0.3 is 16.4 Å². The van der Waals surface area contributed by atoms with Gasteiger partial charge in [0.15, 0.2) is 0 Å². The largest absolute Gasteiger partial charge is 0.352 e. The Kier molecular flexibility index (Phi) is 8.69. The summed E-state index contributed by atoms with van der Waals surface area (Å²) in [6, 6.07) is 6.43. The molecule has 1 unspecified atom stereocenters. The smallest absolute Gasteiger partial charge is 0.251 e. The molecule has 25 heavy (non-hydrogen) atoms. The van der Waals surface area contributed by atoms with E-state index >= 15 is 0 Å². The highest BCUT2D eigenvalue weighted by molar-refractivity contribution is 6.30. The molecule has 0 heterocycles. The lowest BCUT2D eigenvalue weighted by molar-refractivity contribution is -0.124. The van der Waals surface area contributed by atoms with Crippen LogP contribution >= 0.6 is 24.0 Å². The van der Waals surface area contributed by atoms with Crippen LogP contribution in [0.4, 0.5) is 0 Å². The number of hydrogen-bond acceptors (Lipinski definition) is 3. The first-order chi connectivity index (χ1) is 11.4. The van der Waals surface area contributed by atoms with Crippen LogP contribution in [-0.2, 0) is 4.79 Å². The summed E-state index contributed by atoms with van der Waals surface area (Å²) < 4.78 is 0. The fourth-order valence-corrected chi connectivity index (χ4v) is 3.04. The van der Waals surface area contributed by atoms with Crippen molar-refractivity contribution in [3.63, 3.8) is 0 Å². The number of rotatable bonds is 5. The average molecular weight is 388 g/mol.